The standard InChI is InChI=1S/C16H17N3O3/c1-2-22-16(21)13(10-12-6-4-3-5-7-12)15(20)19-14-11-17-8-9-18-14/h3-9,11,13H,2,10H2,1H3,(H,18,19,20). The maximum atomic E-state index is 12.4. The first kappa shape index (κ1) is 15.6. The first-order valence-corrected chi connectivity index (χ1v) is 6.98. The molecule has 0 radical (unpaired) electrons. The van der Waals surface area contributed by atoms with Crippen LogP contribution in [0.5, 0.6) is 0 Å². The lowest BCUT2D eigenvalue weighted by molar-refractivity contribution is -0.150. The zero-order chi connectivity index (χ0) is 15.8. The van der Waals surface area contributed by atoms with Gasteiger partial charge in [-0.15, -0.1) is 0 Å². The van der Waals surface area contributed by atoms with Crippen LogP contribution in [0.4, 0.5) is 5.82 Å². The van der Waals surface area contributed by atoms with Crippen molar-refractivity contribution in [3.8, 4) is 0 Å². The Kier molecular flexibility index (Phi) is 5.59. The van der Waals surface area contributed by atoms with Crippen molar-refractivity contribution in [2.45, 2.75) is 13.3 Å². The van der Waals surface area contributed by atoms with Crippen LogP contribution in [0, 0.1) is 5.92 Å². The highest BCUT2D eigenvalue weighted by molar-refractivity contribution is 6.04. The zero-order valence-corrected chi connectivity index (χ0v) is 12.2. The first-order chi connectivity index (χ1) is 10.7. The van der Waals surface area contributed by atoms with Gasteiger partial charge in [0, 0.05) is 12.4 Å². The monoisotopic (exact) mass is 299 g/mol. The van der Waals surface area contributed by atoms with E-state index in [4.69, 9.17) is 4.74 Å². The van der Waals surface area contributed by atoms with E-state index in [1.54, 1.807) is 6.92 Å². The minimum atomic E-state index is -0.927. The number of hydrogen-bond acceptors (Lipinski definition) is 5. The highest BCUT2D eigenvalue weighted by Gasteiger charge is 2.28. The molecular formula is C16H17N3O3. The number of ether oxygens (including phenoxy) is 1. The van der Waals surface area contributed by atoms with Gasteiger partial charge in [-0.25, -0.2) is 4.98 Å². The molecular weight excluding hydrogens is 282 g/mol. The lowest BCUT2D eigenvalue weighted by Gasteiger charge is -2.15. The molecule has 0 aliphatic carbocycles. The SMILES string of the molecule is CCOC(=O)C(Cc1ccccc1)C(=O)Nc1cnccn1. The Morgan fingerprint density at radius 1 is 1.23 bits per heavy atom. The number of anilines is 1. The van der Waals surface area contributed by atoms with Crippen LogP contribution in [-0.2, 0) is 20.7 Å². The van der Waals surface area contributed by atoms with Crippen LogP contribution < -0.4 is 5.32 Å². The number of rotatable bonds is 6. The molecule has 1 aromatic carbocycles. The molecule has 1 aromatic heterocycles. The second kappa shape index (κ2) is 7.87. The minimum absolute atomic E-state index is 0.225. The van der Waals surface area contributed by atoms with E-state index in [1.165, 1.54) is 18.6 Å². The Hall–Kier alpha value is -2.76. The fraction of sp³-hybridized carbons (Fsp3) is 0.250. The number of carbonyl (C=O) groups excluding carboxylic acids is 2. The normalized spacial score (nSPS) is 11.5. The summed E-state index contributed by atoms with van der Waals surface area (Å²) < 4.78 is 5.00. The molecule has 0 bridgehead atoms. The molecule has 6 heteroatoms. The molecule has 1 unspecified atom stereocenters. The summed E-state index contributed by atoms with van der Waals surface area (Å²) >= 11 is 0. The van der Waals surface area contributed by atoms with Crippen molar-refractivity contribution < 1.29 is 14.3 Å². The molecule has 22 heavy (non-hydrogen) atoms. The number of carbonyl (C=O) groups is 2. The van der Waals surface area contributed by atoms with Gasteiger partial charge in [0.25, 0.3) is 0 Å². The summed E-state index contributed by atoms with van der Waals surface area (Å²) in [5.41, 5.74) is 0.884. The van der Waals surface area contributed by atoms with E-state index in [0.717, 1.165) is 5.56 Å². The van der Waals surface area contributed by atoms with Gasteiger partial charge in [-0.1, -0.05) is 30.3 Å². The Labute approximate surface area is 128 Å². The van der Waals surface area contributed by atoms with Gasteiger partial charge < -0.3 is 10.1 Å². The number of benzene rings is 1. The van der Waals surface area contributed by atoms with E-state index in [-0.39, 0.29) is 13.0 Å². The van der Waals surface area contributed by atoms with Crippen LogP contribution in [0.25, 0.3) is 0 Å². The van der Waals surface area contributed by atoms with Crippen LogP contribution in [-0.4, -0.2) is 28.5 Å². The third-order valence-electron chi connectivity index (χ3n) is 2.98. The quantitative estimate of drug-likeness (QED) is 0.650. The summed E-state index contributed by atoms with van der Waals surface area (Å²) in [6.45, 7) is 1.93. The Bertz CT molecular complexity index is 617. The first-order valence-electron chi connectivity index (χ1n) is 6.98. The van der Waals surface area contributed by atoms with Gasteiger partial charge in [0.2, 0.25) is 5.91 Å². The highest BCUT2D eigenvalue weighted by Crippen LogP contribution is 2.13. The molecule has 1 heterocycles. The largest absolute Gasteiger partial charge is 0.465 e. The summed E-state index contributed by atoms with van der Waals surface area (Å²) in [6, 6.07) is 9.32. The second-order valence-corrected chi connectivity index (χ2v) is 4.57. The summed E-state index contributed by atoms with van der Waals surface area (Å²) in [6.07, 6.45) is 4.66. The molecule has 0 saturated heterocycles. The van der Waals surface area contributed by atoms with Crippen molar-refractivity contribution in [3.63, 3.8) is 0 Å². The van der Waals surface area contributed by atoms with Gasteiger partial charge in [0.15, 0.2) is 5.82 Å². The fourth-order valence-electron chi connectivity index (χ4n) is 1.95. The number of aromatic nitrogens is 2. The smallest absolute Gasteiger partial charge is 0.318 e. The number of amides is 1. The molecule has 1 N–H and O–H groups in total. The molecule has 0 aliphatic rings. The van der Waals surface area contributed by atoms with Gasteiger partial charge in [-0.05, 0) is 18.9 Å². The summed E-state index contributed by atoms with van der Waals surface area (Å²) in [4.78, 5) is 32.2. The number of nitrogens with one attached hydrogen (secondary N) is 1. The van der Waals surface area contributed by atoms with Crippen LogP contribution in [0.3, 0.4) is 0 Å². The topological polar surface area (TPSA) is 81.2 Å². The molecule has 1 amide bonds. The lowest BCUT2D eigenvalue weighted by Crippen LogP contribution is -2.33. The summed E-state index contributed by atoms with van der Waals surface area (Å²) in [5, 5.41) is 2.59. The van der Waals surface area contributed by atoms with Crippen molar-refractivity contribution >= 4 is 17.7 Å². The zero-order valence-electron chi connectivity index (χ0n) is 12.2. The molecule has 2 aromatic rings. The van der Waals surface area contributed by atoms with Crippen molar-refractivity contribution in [3.05, 3.63) is 54.5 Å². The van der Waals surface area contributed by atoms with E-state index < -0.39 is 17.8 Å². The van der Waals surface area contributed by atoms with Crippen molar-refractivity contribution in [1.82, 2.24) is 9.97 Å². The van der Waals surface area contributed by atoms with Gasteiger partial charge in [-0.3, -0.25) is 14.6 Å². The van der Waals surface area contributed by atoms with Gasteiger partial charge >= 0.3 is 5.97 Å². The van der Waals surface area contributed by atoms with Gasteiger partial charge in [0.1, 0.15) is 5.92 Å². The van der Waals surface area contributed by atoms with Crippen molar-refractivity contribution in [2.75, 3.05) is 11.9 Å². The van der Waals surface area contributed by atoms with Gasteiger partial charge in [0.05, 0.1) is 12.8 Å². The summed E-state index contributed by atoms with van der Waals surface area (Å²) in [5.74, 6) is -1.63. The Morgan fingerprint density at radius 3 is 2.64 bits per heavy atom. The third kappa shape index (κ3) is 4.37. The van der Waals surface area contributed by atoms with E-state index >= 15 is 0 Å². The Balaban J connectivity index is 2.13. The second-order valence-electron chi connectivity index (χ2n) is 4.57. The number of hydrogen-bond donors (Lipinski definition) is 1. The molecule has 0 spiro atoms. The molecule has 6 nitrogen and oxygen atoms in total. The predicted molar refractivity (Wildman–Crippen MR) is 80.9 cm³/mol. The number of esters is 1. The van der Waals surface area contributed by atoms with E-state index in [9.17, 15) is 9.59 Å². The Morgan fingerprint density at radius 2 is 2.00 bits per heavy atom. The lowest BCUT2D eigenvalue weighted by atomic mass is 9.98. The van der Waals surface area contributed by atoms with Gasteiger partial charge in [-0.2, -0.15) is 0 Å². The molecule has 0 aliphatic heterocycles. The maximum Gasteiger partial charge on any atom is 0.318 e. The maximum absolute atomic E-state index is 12.4. The average molecular weight is 299 g/mol. The van der Waals surface area contributed by atoms with Crippen LogP contribution in [0.1, 0.15) is 12.5 Å². The minimum Gasteiger partial charge on any atom is -0.465 e. The molecule has 0 saturated carbocycles. The molecule has 2 rings (SSSR count). The molecule has 114 valence electrons. The molecule has 1 atom stereocenters. The third-order valence-corrected chi connectivity index (χ3v) is 2.98. The van der Waals surface area contributed by atoms with Crippen molar-refractivity contribution in [2.24, 2.45) is 5.92 Å². The van der Waals surface area contributed by atoms with E-state index in [1.807, 2.05) is 30.3 Å². The van der Waals surface area contributed by atoms with Crippen LogP contribution in [0.15, 0.2) is 48.9 Å². The fourth-order valence-corrected chi connectivity index (χ4v) is 1.95. The average Bonchev–Trinajstić information content (AvgIpc) is 2.54. The van der Waals surface area contributed by atoms with Crippen LogP contribution in [0.2, 0.25) is 0 Å². The highest BCUT2D eigenvalue weighted by atomic mass is 16.5. The van der Waals surface area contributed by atoms with E-state index in [0.29, 0.717) is 5.82 Å². The van der Waals surface area contributed by atoms with Crippen molar-refractivity contribution in [1.29, 1.82) is 0 Å². The number of nitrogens with zero attached hydrogens (tertiary/aromatic N) is 2. The predicted octanol–water partition coefficient (Wildman–Crippen LogP) is 1.84. The van der Waals surface area contributed by atoms with Crippen LogP contribution >= 0.6 is 0 Å². The summed E-state index contributed by atoms with van der Waals surface area (Å²) in [7, 11) is 0. The van der Waals surface area contributed by atoms with E-state index in [2.05, 4.69) is 15.3 Å². The molecule has 0 fully saturated rings.